The topological polar surface area (TPSA) is 75.3 Å². The first-order valence-corrected chi connectivity index (χ1v) is 11.4. The number of nitrogens with one attached hydrogen (secondary N) is 2. The molecule has 0 saturated carbocycles. The van der Waals surface area contributed by atoms with Crippen molar-refractivity contribution in [2.24, 2.45) is 0 Å². The number of hydrogen-bond donors (Lipinski definition) is 2. The van der Waals surface area contributed by atoms with E-state index in [4.69, 9.17) is 0 Å². The highest BCUT2D eigenvalue weighted by molar-refractivity contribution is 7.92. The third kappa shape index (κ3) is 4.09. The van der Waals surface area contributed by atoms with E-state index in [0.29, 0.717) is 16.8 Å². The number of benzene rings is 3. The normalized spacial score (nSPS) is 15.5. The molecule has 3 aromatic carbocycles. The van der Waals surface area contributed by atoms with Crippen molar-refractivity contribution in [3.05, 3.63) is 94.5 Å². The quantitative estimate of drug-likeness (QED) is 0.637. The minimum atomic E-state index is -3.70. The van der Waals surface area contributed by atoms with Crippen molar-refractivity contribution in [2.75, 3.05) is 4.72 Å². The van der Waals surface area contributed by atoms with Gasteiger partial charge >= 0.3 is 0 Å². The molecule has 2 N–H and O–H groups in total. The van der Waals surface area contributed by atoms with Crippen LogP contribution in [0, 0.1) is 13.8 Å². The number of aryl methyl sites for hydroxylation is 3. The highest BCUT2D eigenvalue weighted by atomic mass is 32.2. The Hall–Kier alpha value is -3.12. The van der Waals surface area contributed by atoms with E-state index in [-0.39, 0.29) is 16.8 Å². The van der Waals surface area contributed by atoms with Crippen LogP contribution in [0.3, 0.4) is 0 Å². The number of fused-ring (bicyclic) bond motifs is 1. The first-order valence-electron chi connectivity index (χ1n) is 9.92. The van der Waals surface area contributed by atoms with E-state index < -0.39 is 10.0 Å². The number of anilines is 1. The Morgan fingerprint density at radius 2 is 1.70 bits per heavy atom. The van der Waals surface area contributed by atoms with Crippen LogP contribution in [0.4, 0.5) is 5.69 Å². The Bertz CT molecular complexity index is 1200. The van der Waals surface area contributed by atoms with E-state index in [9.17, 15) is 13.2 Å². The summed E-state index contributed by atoms with van der Waals surface area (Å²) in [5.74, 6) is -0.166. The maximum absolute atomic E-state index is 12.8. The zero-order valence-electron chi connectivity index (χ0n) is 17.0. The lowest BCUT2D eigenvalue weighted by molar-refractivity contribution is 0.0936. The molecule has 0 heterocycles. The molecule has 0 radical (unpaired) electrons. The van der Waals surface area contributed by atoms with E-state index in [0.717, 1.165) is 18.4 Å². The average molecular weight is 421 g/mol. The lowest BCUT2D eigenvalue weighted by Gasteiger charge is -2.15. The Kier molecular flexibility index (Phi) is 5.35. The molecule has 0 spiro atoms. The van der Waals surface area contributed by atoms with Crippen molar-refractivity contribution in [3.8, 4) is 0 Å². The fourth-order valence-corrected chi connectivity index (χ4v) is 5.23. The van der Waals surface area contributed by atoms with Gasteiger partial charge in [0.05, 0.1) is 10.9 Å². The monoisotopic (exact) mass is 420 g/mol. The van der Waals surface area contributed by atoms with Crippen LogP contribution in [0.1, 0.15) is 45.1 Å². The molecule has 1 atom stereocenters. The molecule has 1 unspecified atom stereocenters. The van der Waals surface area contributed by atoms with Gasteiger partial charge in [-0.2, -0.15) is 0 Å². The molecule has 1 aliphatic rings. The standard InChI is InChI=1S/C24H24N2O3S/c1-16-7-8-17(2)23(15-16)30(28,29)26-20-12-9-19(10-13-20)24(27)25-22-14-11-18-5-3-4-6-21(18)22/h3-10,12-13,15,22,26H,11,14H2,1-2H3,(H,25,27). The Morgan fingerprint density at radius 1 is 0.967 bits per heavy atom. The largest absolute Gasteiger partial charge is 0.345 e. The first-order chi connectivity index (χ1) is 14.3. The van der Waals surface area contributed by atoms with E-state index in [1.165, 1.54) is 11.1 Å². The number of carbonyl (C=O) groups excluding carboxylic acids is 1. The summed E-state index contributed by atoms with van der Waals surface area (Å²) >= 11 is 0. The van der Waals surface area contributed by atoms with Crippen LogP contribution < -0.4 is 10.0 Å². The summed E-state index contributed by atoms with van der Waals surface area (Å²) < 4.78 is 28.1. The molecule has 0 aromatic heterocycles. The summed E-state index contributed by atoms with van der Waals surface area (Å²) in [5.41, 5.74) is 4.91. The number of amides is 1. The number of sulfonamides is 1. The molecule has 30 heavy (non-hydrogen) atoms. The minimum absolute atomic E-state index is 0.0103. The molecule has 0 aliphatic heterocycles. The van der Waals surface area contributed by atoms with Crippen LogP contribution in [0.2, 0.25) is 0 Å². The van der Waals surface area contributed by atoms with Crippen LogP contribution in [-0.2, 0) is 16.4 Å². The molecule has 4 rings (SSSR count). The molecule has 0 fully saturated rings. The lowest BCUT2D eigenvalue weighted by atomic mass is 10.1. The van der Waals surface area contributed by atoms with Crippen molar-refractivity contribution in [3.63, 3.8) is 0 Å². The smallest absolute Gasteiger partial charge is 0.262 e. The highest BCUT2D eigenvalue weighted by Gasteiger charge is 2.24. The van der Waals surface area contributed by atoms with Crippen LogP contribution >= 0.6 is 0 Å². The summed E-state index contributed by atoms with van der Waals surface area (Å²) in [6.45, 7) is 3.62. The maximum atomic E-state index is 12.8. The van der Waals surface area contributed by atoms with Crippen LogP contribution in [-0.4, -0.2) is 14.3 Å². The molecular weight excluding hydrogens is 396 g/mol. The van der Waals surface area contributed by atoms with Crippen molar-refractivity contribution >= 4 is 21.6 Å². The third-order valence-corrected chi connectivity index (χ3v) is 6.99. The number of rotatable bonds is 5. The van der Waals surface area contributed by atoms with Gasteiger partial charge in [0.25, 0.3) is 15.9 Å². The van der Waals surface area contributed by atoms with Crippen molar-refractivity contribution in [2.45, 2.75) is 37.6 Å². The second kappa shape index (κ2) is 7.95. The van der Waals surface area contributed by atoms with Gasteiger partial charge in [0, 0.05) is 11.3 Å². The van der Waals surface area contributed by atoms with E-state index in [2.05, 4.69) is 22.2 Å². The fourth-order valence-electron chi connectivity index (χ4n) is 3.85. The van der Waals surface area contributed by atoms with Gasteiger partial charge < -0.3 is 5.32 Å². The Labute approximate surface area is 177 Å². The number of hydrogen-bond acceptors (Lipinski definition) is 3. The predicted octanol–water partition coefficient (Wildman–Crippen LogP) is 4.52. The second-order valence-electron chi connectivity index (χ2n) is 7.72. The zero-order valence-corrected chi connectivity index (χ0v) is 17.8. The molecule has 0 saturated heterocycles. The summed E-state index contributed by atoms with van der Waals surface area (Å²) in [6, 6.07) is 20.0. The summed E-state index contributed by atoms with van der Waals surface area (Å²) in [7, 11) is -3.70. The van der Waals surface area contributed by atoms with Gasteiger partial charge in [0.2, 0.25) is 0 Å². The van der Waals surface area contributed by atoms with E-state index in [1.54, 1.807) is 43.3 Å². The van der Waals surface area contributed by atoms with Gasteiger partial charge in [-0.1, -0.05) is 36.4 Å². The van der Waals surface area contributed by atoms with E-state index >= 15 is 0 Å². The first kappa shape index (κ1) is 20.2. The van der Waals surface area contributed by atoms with Crippen LogP contribution in [0.15, 0.2) is 71.6 Å². The van der Waals surface area contributed by atoms with Gasteiger partial charge in [-0.15, -0.1) is 0 Å². The molecule has 6 heteroatoms. The summed E-state index contributed by atoms with van der Waals surface area (Å²) in [5, 5.41) is 3.08. The highest BCUT2D eigenvalue weighted by Crippen LogP contribution is 2.31. The van der Waals surface area contributed by atoms with Gasteiger partial charge in [-0.05, 0) is 79.3 Å². The summed E-state index contributed by atoms with van der Waals surface area (Å²) in [6.07, 6.45) is 1.85. The summed E-state index contributed by atoms with van der Waals surface area (Å²) in [4.78, 5) is 12.9. The Morgan fingerprint density at radius 3 is 2.47 bits per heavy atom. The predicted molar refractivity (Wildman–Crippen MR) is 118 cm³/mol. The zero-order chi connectivity index (χ0) is 21.3. The molecular formula is C24H24N2O3S. The number of carbonyl (C=O) groups is 1. The SMILES string of the molecule is Cc1ccc(C)c(S(=O)(=O)Nc2ccc(C(=O)NC3CCc4ccccc43)cc2)c1. The average Bonchev–Trinajstić information content (AvgIpc) is 3.13. The molecule has 0 bridgehead atoms. The molecule has 1 amide bonds. The van der Waals surface area contributed by atoms with Gasteiger partial charge in [0.1, 0.15) is 0 Å². The minimum Gasteiger partial charge on any atom is -0.345 e. The fraction of sp³-hybridized carbons (Fsp3) is 0.208. The lowest BCUT2D eigenvalue weighted by Crippen LogP contribution is -2.27. The molecule has 1 aliphatic carbocycles. The third-order valence-electron chi connectivity index (χ3n) is 5.47. The van der Waals surface area contributed by atoms with Gasteiger partial charge in [-0.25, -0.2) is 8.42 Å². The van der Waals surface area contributed by atoms with Crippen LogP contribution in [0.5, 0.6) is 0 Å². The van der Waals surface area contributed by atoms with Crippen molar-refractivity contribution < 1.29 is 13.2 Å². The molecule has 5 nitrogen and oxygen atoms in total. The van der Waals surface area contributed by atoms with Crippen molar-refractivity contribution in [1.82, 2.24) is 5.32 Å². The van der Waals surface area contributed by atoms with Gasteiger partial charge in [-0.3, -0.25) is 9.52 Å². The second-order valence-corrected chi connectivity index (χ2v) is 9.37. The van der Waals surface area contributed by atoms with E-state index in [1.807, 2.05) is 25.1 Å². The van der Waals surface area contributed by atoms with Crippen LogP contribution in [0.25, 0.3) is 0 Å². The Balaban J connectivity index is 1.47. The van der Waals surface area contributed by atoms with Gasteiger partial charge in [0.15, 0.2) is 0 Å². The molecule has 3 aromatic rings. The molecule has 154 valence electrons. The van der Waals surface area contributed by atoms with Crippen molar-refractivity contribution in [1.29, 1.82) is 0 Å². The maximum Gasteiger partial charge on any atom is 0.262 e.